The molecule has 0 aliphatic rings. The van der Waals surface area contributed by atoms with Gasteiger partial charge in [0.25, 0.3) is 5.91 Å². The van der Waals surface area contributed by atoms with Gasteiger partial charge >= 0.3 is 0 Å². The lowest BCUT2D eigenvalue weighted by atomic mass is 10.2. The maximum Gasteiger partial charge on any atom is 0.260 e. The Morgan fingerprint density at radius 1 is 1.10 bits per heavy atom. The Labute approximate surface area is 128 Å². The van der Waals surface area contributed by atoms with Crippen molar-refractivity contribution in [3.63, 3.8) is 0 Å². The Kier molecular flexibility index (Phi) is 8.32. The minimum absolute atomic E-state index is 0.0553. The van der Waals surface area contributed by atoms with Gasteiger partial charge in [-0.25, -0.2) is 0 Å². The summed E-state index contributed by atoms with van der Waals surface area (Å²) < 4.78 is 10.7. The molecule has 0 spiro atoms. The summed E-state index contributed by atoms with van der Waals surface area (Å²) in [6.45, 7) is 5.98. The number of carbonyl (C=O) groups excluding carboxylic acids is 1. The molecule has 0 aliphatic heterocycles. The first-order valence-corrected chi connectivity index (χ1v) is 7.75. The lowest BCUT2D eigenvalue weighted by molar-refractivity contribution is -0.133. The minimum Gasteiger partial charge on any atom is -0.497 e. The number of hydrogen-bond donors (Lipinski definition) is 0. The first kappa shape index (κ1) is 17.3. The first-order valence-electron chi connectivity index (χ1n) is 7.75. The highest BCUT2D eigenvalue weighted by Crippen LogP contribution is 2.18. The zero-order chi connectivity index (χ0) is 15.5. The molecule has 0 unspecified atom stereocenters. The molecule has 0 fully saturated rings. The van der Waals surface area contributed by atoms with Crippen LogP contribution in [-0.2, 0) is 4.79 Å². The molecule has 0 heterocycles. The fraction of sp³-hybridized carbons (Fsp3) is 0.588. The van der Waals surface area contributed by atoms with Crippen LogP contribution in [0.3, 0.4) is 0 Å². The molecule has 0 aliphatic carbocycles. The van der Waals surface area contributed by atoms with Crippen molar-refractivity contribution in [1.82, 2.24) is 4.90 Å². The Hall–Kier alpha value is -1.71. The van der Waals surface area contributed by atoms with Gasteiger partial charge < -0.3 is 14.4 Å². The quantitative estimate of drug-likeness (QED) is 0.662. The highest BCUT2D eigenvalue weighted by atomic mass is 16.5. The van der Waals surface area contributed by atoms with E-state index in [0.717, 1.165) is 44.5 Å². The van der Waals surface area contributed by atoms with E-state index in [1.807, 2.05) is 23.1 Å². The van der Waals surface area contributed by atoms with Gasteiger partial charge in [-0.1, -0.05) is 32.8 Å². The molecule has 0 bridgehead atoms. The van der Waals surface area contributed by atoms with Crippen LogP contribution in [0.1, 0.15) is 39.5 Å². The Morgan fingerprint density at radius 2 is 1.71 bits per heavy atom. The van der Waals surface area contributed by atoms with Crippen molar-refractivity contribution in [3.05, 3.63) is 24.3 Å². The third-order valence-electron chi connectivity index (χ3n) is 3.32. The van der Waals surface area contributed by atoms with Gasteiger partial charge in [0.1, 0.15) is 11.5 Å². The summed E-state index contributed by atoms with van der Waals surface area (Å²) in [6.07, 6.45) is 4.25. The van der Waals surface area contributed by atoms with Gasteiger partial charge in [0, 0.05) is 19.2 Å². The Bertz CT molecular complexity index is 412. The van der Waals surface area contributed by atoms with Gasteiger partial charge in [-0.3, -0.25) is 4.79 Å². The molecule has 1 amide bonds. The molecule has 1 aromatic carbocycles. The molecule has 0 saturated heterocycles. The highest BCUT2D eigenvalue weighted by Gasteiger charge is 2.13. The third-order valence-corrected chi connectivity index (χ3v) is 3.32. The predicted octanol–water partition coefficient (Wildman–Crippen LogP) is 3.50. The van der Waals surface area contributed by atoms with Crippen LogP contribution in [0.4, 0.5) is 0 Å². The van der Waals surface area contributed by atoms with Crippen molar-refractivity contribution in [1.29, 1.82) is 0 Å². The SMILES string of the molecule is CCCCN(CCCC)C(=O)COc1cccc(OC)c1. The zero-order valence-electron chi connectivity index (χ0n) is 13.4. The van der Waals surface area contributed by atoms with Gasteiger partial charge in [0.05, 0.1) is 7.11 Å². The van der Waals surface area contributed by atoms with Crippen LogP contribution < -0.4 is 9.47 Å². The molecule has 4 nitrogen and oxygen atoms in total. The van der Waals surface area contributed by atoms with E-state index < -0.39 is 0 Å². The summed E-state index contributed by atoms with van der Waals surface area (Å²) in [5.74, 6) is 1.45. The third kappa shape index (κ3) is 6.52. The van der Waals surface area contributed by atoms with Gasteiger partial charge in [-0.2, -0.15) is 0 Å². The summed E-state index contributed by atoms with van der Waals surface area (Å²) in [5, 5.41) is 0. The number of amides is 1. The number of benzene rings is 1. The van der Waals surface area contributed by atoms with Crippen LogP contribution >= 0.6 is 0 Å². The molecule has 1 aromatic rings. The lowest BCUT2D eigenvalue weighted by Gasteiger charge is -2.22. The van der Waals surface area contributed by atoms with Crippen molar-refractivity contribution >= 4 is 5.91 Å². The number of methoxy groups -OCH3 is 1. The number of carbonyl (C=O) groups is 1. The summed E-state index contributed by atoms with van der Waals surface area (Å²) in [7, 11) is 1.61. The largest absolute Gasteiger partial charge is 0.497 e. The second kappa shape index (κ2) is 10.1. The second-order valence-electron chi connectivity index (χ2n) is 5.06. The molecule has 0 N–H and O–H groups in total. The number of rotatable bonds is 10. The normalized spacial score (nSPS) is 10.2. The Morgan fingerprint density at radius 3 is 2.29 bits per heavy atom. The van der Waals surface area contributed by atoms with E-state index in [1.54, 1.807) is 13.2 Å². The van der Waals surface area contributed by atoms with Gasteiger partial charge in [-0.15, -0.1) is 0 Å². The molecule has 0 atom stereocenters. The van der Waals surface area contributed by atoms with Crippen molar-refractivity contribution in [3.8, 4) is 11.5 Å². The van der Waals surface area contributed by atoms with Crippen molar-refractivity contribution in [2.75, 3.05) is 26.8 Å². The fourth-order valence-corrected chi connectivity index (χ4v) is 1.99. The van der Waals surface area contributed by atoms with Gasteiger partial charge in [0.2, 0.25) is 0 Å². The fourth-order valence-electron chi connectivity index (χ4n) is 1.99. The molecule has 0 radical (unpaired) electrons. The molecule has 0 saturated carbocycles. The molecular formula is C17H27NO3. The number of unbranched alkanes of at least 4 members (excludes halogenated alkanes) is 2. The van der Waals surface area contributed by atoms with Crippen LogP contribution in [0.5, 0.6) is 11.5 Å². The van der Waals surface area contributed by atoms with Crippen molar-refractivity contribution in [2.45, 2.75) is 39.5 Å². The Balaban J connectivity index is 2.50. The maximum absolute atomic E-state index is 12.3. The number of hydrogen-bond acceptors (Lipinski definition) is 3. The molecule has 4 heteroatoms. The second-order valence-corrected chi connectivity index (χ2v) is 5.06. The van der Waals surface area contributed by atoms with E-state index in [1.165, 1.54) is 0 Å². The minimum atomic E-state index is 0.0553. The van der Waals surface area contributed by atoms with E-state index in [9.17, 15) is 4.79 Å². The number of nitrogens with zero attached hydrogens (tertiary/aromatic N) is 1. The van der Waals surface area contributed by atoms with E-state index in [-0.39, 0.29) is 12.5 Å². The smallest absolute Gasteiger partial charge is 0.260 e. The molecule has 21 heavy (non-hydrogen) atoms. The van der Waals surface area contributed by atoms with Gasteiger partial charge in [0.15, 0.2) is 6.61 Å². The lowest BCUT2D eigenvalue weighted by Crippen LogP contribution is -2.36. The van der Waals surface area contributed by atoms with Crippen LogP contribution in [-0.4, -0.2) is 37.6 Å². The summed E-state index contributed by atoms with van der Waals surface area (Å²) in [6, 6.07) is 7.32. The average Bonchev–Trinajstić information content (AvgIpc) is 2.53. The zero-order valence-corrected chi connectivity index (χ0v) is 13.4. The summed E-state index contributed by atoms with van der Waals surface area (Å²) in [5.41, 5.74) is 0. The summed E-state index contributed by atoms with van der Waals surface area (Å²) >= 11 is 0. The molecule has 118 valence electrons. The van der Waals surface area contributed by atoms with E-state index in [4.69, 9.17) is 9.47 Å². The standard InChI is InChI=1S/C17H27NO3/c1-4-6-11-18(12-7-5-2)17(19)14-21-16-10-8-9-15(13-16)20-3/h8-10,13H,4-7,11-12,14H2,1-3H3. The van der Waals surface area contributed by atoms with Crippen LogP contribution in [0.25, 0.3) is 0 Å². The van der Waals surface area contributed by atoms with Crippen LogP contribution in [0.2, 0.25) is 0 Å². The maximum atomic E-state index is 12.3. The van der Waals surface area contributed by atoms with E-state index in [0.29, 0.717) is 5.75 Å². The summed E-state index contributed by atoms with van der Waals surface area (Å²) in [4.78, 5) is 14.2. The highest BCUT2D eigenvalue weighted by molar-refractivity contribution is 5.77. The number of ether oxygens (including phenoxy) is 2. The molecular weight excluding hydrogens is 266 g/mol. The van der Waals surface area contributed by atoms with Crippen molar-refractivity contribution in [2.24, 2.45) is 0 Å². The molecule has 0 aromatic heterocycles. The van der Waals surface area contributed by atoms with Crippen LogP contribution in [0, 0.1) is 0 Å². The van der Waals surface area contributed by atoms with Gasteiger partial charge in [-0.05, 0) is 25.0 Å². The average molecular weight is 293 g/mol. The van der Waals surface area contributed by atoms with Crippen LogP contribution in [0.15, 0.2) is 24.3 Å². The van der Waals surface area contributed by atoms with Crippen molar-refractivity contribution < 1.29 is 14.3 Å². The molecule has 1 rings (SSSR count). The monoisotopic (exact) mass is 293 g/mol. The first-order chi connectivity index (χ1) is 10.2. The van der Waals surface area contributed by atoms with E-state index in [2.05, 4.69) is 13.8 Å². The topological polar surface area (TPSA) is 38.8 Å². The predicted molar refractivity (Wildman–Crippen MR) is 84.9 cm³/mol. The van der Waals surface area contributed by atoms with E-state index >= 15 is 0 Å².